The van der Waals surface area contributed by atoms with Crippen LogP contribution < -0.4 is 5.32 Å². The molecular formula is C18H16ClN5O2. The van der Waals surface area contributed by atoms with Gasteiger partial charge in [-0.25, -0.2) is 19.9 Å². The van der Waals surface area contributed by atoms with Crippen molar-refractivity contribution in [1.82, 2.24) is 25.3 Å². The number of aromatic nitrogens is 4. The fraction of sp³-hybridized carbons (Fsp3) is 0.167. The first-order valence-corrected chi connectivity index (χ1v) is 8.26. The molecule has 0 aliphatic carbocycles. The monoisotopic (exact) mass is 369 g/mol. The SMILES string of the molecule is C[C@@H](CO)NC(=O)c1cc(-c2ccc(Cl)cc2)nc(-c2cncnc2)n1. The van der Waals surface area contributed by atoms with Crippen molar-refractivity contribution in [3.8, 4) is 22.6 Å². The molecule has 0 bridgehead atoms. The summed E-state index contributed by atoms with van der Waals surface area (Å²) in [5.41, 5.74) is 2.13. The predicted octanol–water partition coefficient (Wildman–Crippen LogP) is 2.36. The summed E-state index contributed by atoms with van der Waals surface area (Å²) in [6.45, 7) is 1.53. The van der Waals surface area contributed by atoms with Gasteiger partial charge in [0.15, 0.2) is 5.82 Å². The van der Waals surface area contributed by atoms with Gasteiger partial charge in [0.05, 0.1) is 17.9 Å². The second kappa shape index (κ2) is 7.99. The lowest BCUT2D eigenvalue weighted by atomic mass is 10.1. The molecule has 3 aromatic rings. The lowest BCUT2D eigenvalue weighted by molar-refractivity contribution is 0.0917. The molecule has 1 amide bonds. The molecule has 2 N–H and O–H groups in total. The second-order valence-corrected chi connectivity index (χ2v) is 6.09. The number of benzene rings is 1. The van der Waals surface area contributed by atoms with Gasteiger partial charge in [-0.05, 0) is 25.1 Å². The maximum atomic E-state index is 12.5. The van der Waals surface area contributed by atoms with Crippen molar-refractivity contribution < 1.29 is 9.90 Å². The van der Waals surface area contributed by atoms with Gasteiger partial charge in [-0.3, -0.25) is 4.79 Å². The number of carbonyl (C=O) groups excluding carboxylic acids is 1. The molecule has 8 heteroatoms. The van der Waals surface area contributed by atoms with E-state index in [0.717, 1.165) is 5.56 Å². The molecule has 0 fully saturated rings. The molecule has 0 saturated carbocycles. The van der Waals surface area contributed by atoms with Gasteiger partial charge in [-0.1, -0.05) is 23.7 Å². The van der Waals surface area contributed by atoms with Crippen LogP contribution >= 0.6 is 11.6 Å². The van der Waals surface area contributed by atoms with Crippen molar-refractivity contribution in [2.45, 2.75) is 13.0 Å². The van der Waals surface area contributed by atoms with E-state index < -0.39 is 5.91 Å². The number of halogens is 1. The van der Waals surface area contributed by atoms with Crippen LogP contribution in [0.2, 0.25) is 5.02 Å². The predicted molar refractivity (Wildman–Crippen MR) is 97.5 cm³/mol. The standard InChI is InChI=1S/C18H16ClN5O2/c1-11(9-25)22-18(26)16-6-15(12-2-4-14(19)5-3-12)23-17(24-16)13-7-20-10-21-8-13/h2-8,10-11,25H,9H2,1H3,(H,22,26)/t11-/m0/s1. The zero-order chi connectivity index (χ0) is 18.5. The molecule has 0 saturated heterocycles. The third kappa shape index (κ3) is 4.19. The highest BCUT2D eigenvalue weighted by Gasteiger charge is 2.16. The van der Waals surface area contributed by atoms with Gasteiger partial charge in [0.1, 0.15) is 12.0 Å². The molecule has 0 spiro atoms. The lowest BCUT2D eigenvalue weighted by Gasteiger charge is -2.12. The van der Waals surface area contributed by atoms with Crippen molar-refractivity contribution in [1.29, 1.82) is 0 Å². The summed E-state index contributed by atoms with van der Waals surface area (Å²) in [4.78, 5) is 29.3. The number of amides is 1. The molecular weight excluding hydrogens is 354 g/mol. The number of carbonyl (C=O) groups is 1. The van der Waals surface area contributed by atoms with Crippen LogP contribution in [0.3, 0.4) is 0 Å². The summed E-state index contributed by atoms with van der Waals surface area (Å²) in [6, 6.07) is 8.33. The number of aliphatic hydroxyl groups is 1. The van der Waals surface area contributed by atoms with Crippen LogP contribution in [0.4, 0.5) is 0 Å². The molecule has 132 valence electrons. The van der Waals surface area contributed by atoms with Crippen LogP contribution in [-0.4, -0.2) is 43.6 Å². The van der Waals surface area contributed by atoms with Gasteiger partial charge in [0.2, 0.25) is 0 Å². The van der Waals surface area contributed by atoms with Crippen molar-refractivity contribution >= 4 is 17.5 Å². The first kappa shape index (κ1) is 17.9. The highest BCUT2D eigenvalue weighted by Crippen LogP contribution is 2.23. The van der Waals surface area contributed by atoms with E-state index in [2.05, 4.69) is 25.3 Å². The van der Waals surface area contributed by atoms with Crippen LogP contribution in [0, 0.1) is 0 Å². The van der Waals surface area contributed by atoms with Crippen LogP contribution in [0.25, 0.3) is 22.6 Å². The molecule has 2 aromatic heterocycles. The number of nitrogens with zero attached hydrogens (tertiary/aromatic N) is 4. The number of hydrogen-bond acceptors (Lipinski definition) is 6. The largest absolute Gasteiger partial charge is 0.394 e. The fourth-order valence-corrected chi connectivity index (χ4v) is 2.35. The molecule has 1 aromatic carbocycles. The Kier molecular flexibility index (Phi) is 5.50. The van der Waals surface area contributed by atoms with Gasteiger partial charge < -0.3 is 10.4 Å². The Morgan fingerprint density at radius 3 is 2.50 bits per heavy atom. The van der Waals surface area contributed by atoms with Gasteiger partial charge in [-0.2, -0.15) is 0 Å². The fourth-order valence-electron chi connectivity index (χ4n) is 2.22. The van der Waals surface area contributed by atoms with Gasteiger partial charge >= 0.3 is 0 Å². The summed E-state index contributed by atoms with van der Waals surface area (Å²) in [7, 11) is 0. The highest BCUT2D eigenvalue weighted by atomic mass is 35.5. The van der Waals surface area contributed by atoms with E-state index in [9.17, 15) is 4.79 Å². The number of aliphatic hydroxyl groups excluding tert-OH is 1. The first-order chi connectivity index (χ1) is 12.6. The average molecular weight is 370 g/mol. The van der Waals surface area contributed by atoms with E-state index in [-0.39, 0.29) is 18.3 Å². The number of nitrogens with one attached hydrogen (secondary N) is 1. The van der Waals surface area contributed by atoms with Crippen LogP contribution in [0.5, 0.6) is 0 Å². The Morgan fingerprint density at radius 1 is 1.15 bits per heavy atom. The van der Waals surface area contributed by atoms with Crippen LogP contribution in [0.15, 0.2) is 49.1 Å². The minimum atomic E-state index is -0.401. The molecule has 0 radical (unpaired) electrons. The summed E-state index contributed by atoms with van der Waals surface area (Å²) >= 11 is 5.94. The van der Waals surface area contributed by atoms with Gasteiger partial charge in [-0.15, -0.1) is 0 Å². The number of hydrogen-bond donors (Lipinski definition) is 2. The molecule has 2 heterocycles. The Morgan fingerprint density at radius 2 is 1.85 bits per heavy atom. The normalized spacial score (nSPS) is 11.8. The maximum absolute atomic E-state index is 12.5. The Balaban J connectivity index is 2.07. The molecule has 26 heavy (non-hydrogen) atoms. The summed E-state index contributed by atoms with van der Waals surface area (Å²) in [5.74, 6) is -0.0675. The van der Waals surface area contributed by atoms with Crippen molar-refractivity contribution in [3.63, 3.8) is 0 Å². The quantitative estimate of drug-likeness (QED) is 0.716. The summed E-state index contributed by atoms with van der Waals surface area (Å²) in [5, 5.41) is 12.4. The minimum Gasteiger partial charge on any atom is -0.394 e. The molecule has 0 aliphatic rings. The first-order valence-electron chi connectivity index (χ1n) is 7.89. The number of rotatable bonds is 5. The van der Waals surface area contributed by atoms with Gasteiger partial charge in [0.25, 0.3) is 5.91 Å². The average Bonchev–Trinajstić information content (AvgIpc) is 2.68. The highest BCUT2D eigenvalue weighted by molar-refractivity contribution is 6.30. The summed E-state index contributed by atoms with van der Waals surface area (Å²) < 4.78 is 0. The Labute approximate surface area is 155 Å². The van der Waals surface area contributed by atoms with Crippen LogP contribution in [-0.2, 0) is 0 Å². The smallest absolute Gasteiger partial charge is 0.270 e. The third-order valence-electron chi connectivity index (χ3n) is 3.57. The molecule has 0 aliphatic heterocycles. The van der Waals surface area contributed by atoms with E-state index in [0.29, 0.717) is 22.1 Å². The molecule has 0 unspecified atom stereocenters. The van der Waals surface area contributed by atoms with Crippen LogP contribution in [0.1, 0.15) is 17.4 Å². The topological polar surface area (TPSA) is 101 Å². The van der Waals surface area contributed by atoms with Gasteiger partial charge in [0, 0.05) is 29.0 Å². The van der Waals surface area contributed by atoms with E-state index in [1.165, 1.54) is 6.33 Å². The zero-order valence-corrected chi connectivity index (χ0v) is 14.7. The van der Waals surface area contributed by atoms with E-state index in [1.807, 2.05) is 12.1 Å². The van der Waals surface area contributed by atoms with Crippen molar-refractivity contribution in [2.24, 2.45) is 0 Å². The molecule has 7 nitrogen and oxygen atoms in total. The Bertz CT molecular complexity index is 903. The lowest BCUT2D eigenvalue weighted by Crippen LogP contribution is -2.35. The van der Waals surface area contributed by atoms with E-state index >= 15 is 0 Å². The Hall–Kier alpha value is -2.90. The second-order valence-electron chi connectivity index (χ2n) is 5.65. The summed E-state index contributed by atoms with van der Waals surface area (Å²) in [6.07, 6.45) is 4.56. The van der Waals surface area contributed by atoms with E-state index in [1.54, 1.807) is 37.5 Å². The molecule has 3 rings (SSSR count). The minimum absolute atomic E-state index is 0.166. The maximum Gasteiger partial charge on any atom is 0.270 e. The van der Waals surface area contributed by atoms with Crippen molar-refractivity contribution in [2.75, 3.05) is 6.61 Å². The zero-order valence-electron chi connectivity index (χ0n) is 13.9. The van der Waals surface area contributed by atoms with E-state index in [4.69, 9.17) is 16.7 Å². The van der Waals surface area contributed by atoms with Crippen molar-refractivity contribution in [3.05, 3.63) is 59.8 Å². The molecule has 1 atom stereocenters. The third-order valence-corrected chi connectivity index (χ3v) is 3.82.